The minimum Gasteiger partial charge on any atom is -0.392 e. The predicted molar refractivity (Wildman–Crippen MR) is 71.2 cm³/mol. The van der Waals surface area contributed by atoms with Gasteiger partial charge in [-0.2, -0.15) is 0 Å². The van der Waals surface area contributed by atoms with Gasteiger partial charge < -0.3 is 5.73 Å². The monoisotopic (exact) mass is 252 g/mol. The Labute approximate surface area is 107 Å². The van der Waals surface area contributed by atoms with Gasteiger partial charge in [0.2, 0.25) is 0 Å². The fraction of sp³-hybridized carbons (Fsp3) is 0.462. The highest BCUT2D eigenvalue weighted by Crippen LogP contribution is 2.20. The lowest BCUT2D eigenvalue weighted by atomic mass is 10.0. The summed E-state index contributed by atoms with van der Waals surface area (Å²) >= 11 is 5.11. The van der Waals surface area contributed by atoms with Crippen LogP contribution in [0, 0.1) is 5.82 Å². The molecule has 1 fully saturated rings. The number of piperidine rings is 1. The van der Waals surface area contributed by atoms with E-state index in [-0.39, 0.29) is 11.9 Å². The lowest BCUT2D eigenvalue weighted by molar-refractivity contribution is 0.184. The Hall–Kier alpha value is -1.00. The topological polar surface area (TPSA) is 29.3 Å². The summed E-state index contributed by atoms with van der Waals surface area (Å²) in [4.78, 5) is 2.87. The molecular weight excluding hydrogens is 235 g/mol. The highest BCUT2D eigenvalue weighted by Gasteiger charge is 2.24. The van der Waals surface area contributed by atoms with Gasteiger partial charge in [0.15, 0.2) is 0 Å². The summed E-state index contributed by atoms with van der Waals surface area (Å²) in [5.41, 5.74) is 6.87. The molecule has 0 bridgehead atoms. The highest BCUT2D eigenvalue weighted by atomic mass is 32.1. The molecule has 1 heterocycles. The van der Waals surface area contributed by atoms with Crippen molar-refractivity contribution in [2.75, 3.05) is 6.54 Å². The molecule has 1 saturated heterocycles. The van der Waals surface area contributed by atoms with Crippen molar-refractivity contribution in [3.05, 3.63) is 35.6 Å². The second kappa shape index (κ2) is 5.56. The average molecular weight is 252 g/mol. The average Bonchev–Trinajstić information content (AvgIpc) is 2.32. The molecule has 1 aliphatic rings. The zero-order valence-electron chi connectivity index (χ0n) is 9.73. The Kier molecular flexibility index (Phi) is 4.07. The zero-order valence-corrected chi connectivity index (χ0v) is 10.5. The van der Waals surface area contributed by atoms with Crippen LogP contribution in [0.15, 0.2) is 24.3 Å². The van der Waals surface area contributed by atoms with Gasteiger partial charge in [0.1, 0.15) is 5.82 Å². The van der Waals surface area contributed by atoms with Gasteiger partial charge in [0.05, 0.1) is 11.0 Å². The third-order valence-corrected chi connectivity index (χ3v) is 3.51. The minimum atomic E-state index is -0.196. The van der Waals surface area contributed by atoms with Crippen LogP contribution in [-0.2, 0) is 6.54 Å². The van der Waals surface area contributed by atoms with Crippen LogP contribution >= 0.6 is 12.2 Å². The second-order valence-corrected chi connectivity index (χ2v) is 4.98. The largest absolute Gasteiger partial charge is 0.392 e. The molecule has 1 atom stereocenters. The van der Waals surface area contributed by atoms with Crippen molar-refractivity contribution >= 4 is 17.2 Å². The molecular formula is C13H17FN2S. The Balaban J connectivity index is 2.05. The van der Waals surface area contributed by atoms with Crippen molar-refractivity contribution < 1.29 is 4.39 Å². The predicted octanol–water partition coefficient (Wildman–Crippen LogP) is 2.47. The van der Waals surface area contributed by atoms with Crippen molar-refractivity contribution in [3.8, 4) is 0 Å². The summed E-state index contributed by atoms with van der Waals surface area (Å²) in [6.07, 6.45) is 3.40. The van der Waals surface area contributed by atoms with Crippen LogP contribution in [-0.4, -0.2) is 22.5 Å². The van der Waals surface area contributed by atoms with E-state index in [1.54, 1.807) is 0 Å². The Morgan fingerprint density at radius 3 is 2.71 bits per heavy atom. The molecule has 1 aromatic carbocycles. The van der Waals surface area contributed by atoms with E-state index >= 15 is 0 Å². The van der Waals surface area contributed by atoms with E-state index < -0.39 is 0 Å². The van der Waals surface area contributed by atoms with Gasteiger partial charge in [-0.1, -0.05) is 30.8 Å². The first-order valence-corrected chi connectivity index (χ1v) is 6.35. The highest BCUT2D eigenvalue weighted by molar-refractivity contribution is 7.80. The zero-order chi connectivity index (χ0) is 12.3. The Morgan fingerprint density at radius 2 is 2.06 bits per heavy atom. The van der Waals surface area contributed by atoms with Gasteiger partial charge in [-0.15, -0.1) is 0 Å². The van der Waals surface area contributed by atoms with E-state index in [1.165, 1.54) is 25.0 Å². The second-order valence-electron chi connectivity index (χ2n) is 4.51. The van der Waals surface area contributed by atoms with Crippen molar-refractivity contribution in [3.63, 3.8) is 0 Å². The number of thiocarbonyl (C=S) groups is 1. The molecule has 1 unspecified atom stereocenters. The molecule has 17 heavy (non-hydrogen) atoms. The molecule has 1 aromatic rings. The van der Waals surface area contributed by atoms with Crippen molar-refractivity contribution in [2.45, 2.75) is 31.8 Å². The normalized spacial score (nSPS) is 21.4. The number of nitrogens with zero attached hydrogens (tertiary/aromatic N) is 1. The van der Waals surface area contributed by atoms with Crippen LogP contribution < -0.4 is 5.73 Å². The third-order valence-electron chi connectivity index (χ3n) is 3.24. The maximum atomic E-state index is 12.8. The molecule has 2 N–H and O–H groups in total. The molecule has 1 aliphatic heterocycles. The van der Waals surface area contributed by atoms with Gasteiger partial charge in [-0.3, -0.25) is 4.90 Å². The number of rotatable bonds is 3. The Bertz CT molecular complexity index is 391. The molecule has 0 amide bonds. The molecule has 0 aromatic heterocycles. The van der Waals surface area contributed by atoms with E-state index in [0.717, 1.165) is 25.1 Å². The van der Waals surface area contributed by atoms with Crippen LogP contribution in [0.4, 0.5) is 4.39 Å². The van der Waals surface area contributed by atoms with Crippen LogP contribution in [0.5, 0.6) is 0 Å². The lowest BCUT2D eigenvalue weighted by Gasteiger charge is -2.35. The van der Waals surface area contributed by atoms with E-state index in [9.17, 15) is 4.39 Å². The van der Waals surface area contributed by atoms with E-state index in [2.05, 4.69) is 4.90 Å². The molecule has 2 rings (SSSR count). The van der Waals surface area contributed by atoms with Gasteiger partial charge >= 0.3 is 0 Å². The maximum absolute atomic E-state index is 12.8. The number of likely N-dealkylation sites (tertiary alicyclic amines) is 1. The van der Waals surface area contributed by atoms with Gasteiger partial charge in [-0.25, -0.2) is 4.39 Å². The first-order valence-electron chi connectivity index (χ1n) is 5.94. The van der Waals surface area contributed by atoms with Gasteiger partial charge in [-0.05, 0) is 37.1 Å². The molecule has 0 spiro atoms. The van der Waals surface area contributed by atoms with Gasteiger partial charge in [0.25, 0.3) is 0 Å². The molecule has 0 radical (unpaired) electrons. The van der Waals surface area contributed by atoms with E-state index in [4.69, 9.17) is 18.0 Å². The number of hydrogen-bond acceptors (Lipinski definition) is 2. The standard InChI is InChI=1S/C13H17FN2S/c14-11-6-4-10(5-7-11)9-16-8-2-1-3-12(16)13(15)17/h4-7,12H,1-3,8-9H2,(H2,15,17). The van der Waals surface area contributed by atoms with Crippen molar-refractivity contribution in [1.82, 2.24) is 4.90 Å². The first kappa shape index (κ1) is 12.5. The summed E-state index contributed by atoms with van der Waals surface area (Å²) < 4.78 is 12.8. The lowest BCUT2D eigenvalue weighted by Crippen LogP contribution is -2.46. The molecule has 92 valence electrons. The molecule has 0 aliphatic carbocycles. The SMILES string of the molecule is NC(=S)C1CCCCN1Cc1ccc(F)cc1. The number of halogens is 1. The van der Waals surface area contributed by atoms with E-state index in [1.807, 2.05) is 12.1 Å². The minimum absolute atomic E-state index is 0.196. The summed E-state index contributed by atoms with van der Waals surface area (Å²) in [5, 5.41) is 0. The number of hydrogen-bond donors (Lipinski definition) is 1. The molecule has 4 heteroatoms. The van der Waals surface area contributed by atoms with Crippen LogP contribution in [0.3, 0.4) is 0 Å². The first-order chi connectivity index (χ1) is 8.16. The fourth-order valence-electron chi connectivity index (χ4n) is 2.33. The van der Waals surface area contributed by atoms with Crippen LogP contribution in [0.2, 0.25) is 0 Å². The summed E-state index contributed by atoms with van der Waals surface area (Å²) in [5.74, 6) is -0.196. The quantitative estimate of drug-likeness (QED) is 0.838. The fourth-order valence-corrected chi connectivity index (χ4v) is 2.59. The Morgan fingerprint density at radius 1 is 1.35 bits per heavy atom. The summed E-state index contributed by atoms with van der Waals surface area (Å²) in [7, 11) is 0. The molecule has 2 nitrogen and oxygen atoms in total. The van der Waals surface area contributed by atoms with E-state index in [0.29, 0.717) is 4.99 Å². The maximum Gasteiger partial charge on any atom is 0.123 e. The van der Waals surface area contributed by atoms with Crippen molar-refractivity contribution in [2.24, 2.45) is 5.73 Å². The number of benzene rings is 1. The van der Waals surface area contributed by atoms with Crippen molar-refractivity contribution in [1.29, 1.82) is 0 Å². The smallest absolute Gasteiger partial charge is 0.123 e. The summed E-state index contributed by atoms with van der Waals surface area (Å²) in [6.45, 7) is 1.81. The van der Waals surface area contributed by atoms with Crippen LogP contribution in [0.25, 0.3) is 0 Å². The third kappa shape index (κ3) is 3.23. The number of nitrogens with two attached hydrogens (primary N) is 1. The molecule has 0 saturated carbocycles. The summed E-state index contributed by atoms with van der Waals surface area (Å²) in [6, 6.07) is 6.83. The van der Waals surface area contributed by atoms with Crippen LogP contribution in [0.1, 0.15) is 24.8 Å². The van der Waals surface area contributed by atoms with Gasteiger partial charge in [0, 0.05) is 6.54 Å².